The van der Waals surface area contributed by atoms with E-state index in [0.717, 1.165) is 32.4 Å². The van der Waals surface area contributed by atoms with Crippen molar-refractivity contribution in [3.8, 4) is 0 Å². The van der Waals surface area contributed by atoms with Gasteiger partial charge in [0.25, 0.3) is 0 Å². The van der Waals surface area contributed by atoms with Gasteiger partial charge in [0.1, 0.15) is 5.78 Å². The van der Waals surface area contributed by atoms with E-state index in [2.05, 4.69) is 12.2 Å². The first kappa shape index (κ1) is 11.6. The maximum Gasteiger partial charge on any atom is 0.135 e. The molecule has 0 aliphatic rings. The molecule has 0 spiro atoms. The molecule has 2 heteroatoms. The molecule has 2 nitrogen and oxygen atoms in total. The number of Topliss-reactive ketones (excluding diaryl/α,β-unsaturated/α-hetero) is 1. The summed E-state index contributed by atoms with van der Waals surface area (Å²) in [4.78, 5) is 11.2. The number of ketones is 1. The molecule has 0 heterocycles. The van der Waals surface area contributed by atoms with Gasteiger partial charge in [-0.2, -0.15) is 0 Å². The van der Waals surface area contributed by atoms with Crippen LogP contribution in [0.2, 0.25) is 0 Å². The van der Waals surface area contributed by atoms with E-state index in [1.165, 1.54) is 0 Å². The zero-order chi connectivity index (χ0) is 9.40. The van der Waals surface area contributed by atoms with E-state index < -0.39 is 0 Å². The molecule has 1 N–H and O–H groups in total. The van der Waals surface area contributed by atoms with Gasteiger partial charge in [-0.15, -0.1) is 0 Å². The summed E-state index contributed by atoms with van der Waals surface area (Å²) >= 11 is 0. The zero-order valence-electron chi connectivity index (χ0n) is 8.52. The van der Waals surface area contributed by atoms with Crippen molar-refractivity contribution >= 4 is 5.78 Å². The van der Waals surface area contributed by atoms with Crippen LogP contribution in [0, 0.1) is 5.92 Å². The van der Waals surface area contributed by atoms with Crippen molar-refractivity contribution < 1.29 is 4.79 Å². The van der Waals surface area contributed by atoms with E-state index in [4.69, 9.17) is 0 Å². The molecule has 0 saturated heterocycles. The maximum absolute atomic E-state index is 11.2. The first-order valence-electron chi connectivity index (χ1n) is 4.92. The second kappa shape index (κ2) is 7.29. The van der Waals surface area contributed by atoms with Crippen molar-refractivity contribution in [1.82, 2.24) is 5.32 Å². The van der Waals surface area contributed by atoms with Gasteiger partial charge in [0.2, 0.25) is 0 Å². The first-order valence-corrected chi connectivity index (χ1v) is 4.92. The van der Waals surface area contributed by atoms with Crippen molar-refractivity contribution in [2.45, 2.75) is 40.0 Å². The lowest BCUT2D eigenvalue weighted by Gasteiger charge is -2.03. The average molecular weight is 171 g/mol. The third-order valence-electron chi connectivity index (χ3n) is 1.92. The minimum Gasteiger partial charge on any atom is -0.317 e. The molecule has 0 atom stereocenters. The Kier molecular flexibility index (Phi) is 7.06. The normalized spacial score (nSPS) is 10.7. The Morgan fingerprint density at radius 3 is 2.50 bits per heavy atom. The first-order chi connectivity index (χ1) is 5.68. The smallest absolute Gasteiger partial charge is 0.135 e. The summed E-state index contributed by atoms with van der Waals surface area (Å²) in [6.45, 7) is 8.10. The summed E-state index contributed by atoms with van der Waals surface area (Å²) in [6.07, 6.45) is 2.90. The molecule has 0 radical (unpaired) electrons. The molecule has 0 saturated carbocycles. The number of unbranched alkanes of at least 4 members (excludes halogenated alkanes) is 1. The van der Waals surface area contributed by atoms with Gasteiger partial charge in [-0.05, 0) is 25.9 Å². The van der Waals surface area contributed by atoms with Crippen LogP contribution in [-0.2, 0) is 4.79 Å². The van der Waals surface area contributed by atoms with Crippen LogP contribution in [0.15, 0.2) is 0 Å². The van der Waals surface area contributed by atoms with Crippen LogP contribution in [0.25, 0.3) is 0 Å². The average Bonchev–Trinajstić information content (AvgIpc) is 2.03. The van der Waals surface area contributed by atoms with Crippen LogP contribution in [0.1, 0.15) is 40.0 Å². The van der Waals surface area contributed by atoms with Crippen molar-refractivity contribution in [3.63, 3.8) is 0 Å². The molecule has 0 aliphatic heterocycles. The minimum atomic E-state index is 0.212. The Bertz CT molecular complexity index is 121. The molecule has 72 valence electrons. The minimum absolute atomic E-state index is 0.212. The van der Waals surface area contributed by atoms with E-state index >= 15 is 0 Å². The standard InChI is InChI=1S/C10H21NO/c1-4-11-8-6-5-7-10(12)9(2)3/h9,11H,4-8H2,1-3H3. The van der Waals surface area contributed by atoms with E-state index in [-0.39, 0.29) is 5.92 Å². The van der Waals surface area contributed by atoms with E-state index in [0.29, 0.717) is 5.78 Å². The highest BCUT2D eigenvalue weighted by molar-refractivity contribution is 5.80. The van der Waals surface area contributed by atoms with Gasteiger partial charge in [-0.1, -0.05) is 20.8 Å². The summed E-state index contributed by atoms with van der Waals surface area (Å²) in [5, 5.41) is 3.24. The maximum atomic E-state index is 11.2. The fourth-order valence-electron chi connectivity index (χ4n) is 1.01. The molecule has 0 aromatic carbocycles. The Morgan fingerprint density at radius 1 is 1.33 bits per heavy atom. The number of rotatable bonds is 7. The monoisotopic (exact) mass is 171 g/mol. The highest BCUT2D eigenvalue weighted by Gasteiger charge is 2.05. The molecule has 0 unspecified atom stereocenters. The number of nitrogens with one attached hydrogen (secondary N) is 1. The Labute approximate surface area is 75.7 Å². The fourth-order valence-corrected chi connectivity index (χ4v) is 1.01. The van der Waals surface area contributed by atoms with Crippen molar-refractivity contribution in [2.75, 3.05) is 13.1 Å². The molecule has 0 aromatic heterocycles. The second-order valence-corrected chi connectivity index (χ2v) is 3.43. The predicted molar refractivity (Wildman–Crippen MR) is 52.2 cm³/mol. The third-order valence-corrected chi connectivity index (χ3v) is 1.92. The fraction of sp³-hybridized carbons (Fsp3) is 0.900. The van der Waals surface area contributed by atoms with Gasteiger partial charge in [-0.3, -0.25) is 4.79 Å². The van der Waals surface area contributed by atoms with Gasteiger partial charge in [0, 0.05) is 12.3 Å². The molecule has 12 heavy (non-hydrogen) atoms. The van der Waals surface area contributed by atoms with Gasteiger partial charge in [0.15, 0.2) is 0 Å². The predicted octanol–water partition coefficient (Wildman–Crippen LogP) is 1.99. The summed E-state index contributed by atoms with van der Waals surface area (Å²) in [5.74, 6) is 0.607. The van der Waals surface area contributed by atoms with Crippen LogP contribution in [0.3, 0.4) is 0 Å². The Balaban J connectivity index is 3.14. The van der Waals surface area contributed by atoms with Crippen LogP contribution in [0.5, 0.6) is 0 Å². The van der Waals surface area contributed by atoms with Crippen LogP contribution in [0.4, 0.5) is 0 Å². The summed E-state index contributed by atoms with van der Waals surface area (Å²) < 4.78 is 0. The zero-order valence-corrected chi connectivity index (χ0v) is 8.52. The molecule has 0 fully saturated rings. The SMILES string of the molecule is CCNCCCCC(=O)C(C)C. The van der Waals surface area contributed by atoms with Crippen molar-refractivity contribution in [1.29, 1.82) is 0 Å². The lowest BCUT2D eigenvalue weighted by atomic mass is 10.0. The summed E-state index contributed by atoms with van der Waals surface area (Å²) in [5.41, 5.74) is 0. The molecular formula is C10H21NO. The van der Waals surface area contributed by atoms with E-state index in [9.17, 15) is 4.79 Å². The van der Waals surface area contributed by atoms with Gasteiger partial charge >= 0.3 is 0 Å². The highest BCUT2D eigenvalue weighted by atomic mass is 16.1. The quantitative estimate of drug-likeness (QED) is 0.593. The molecule has 0 aliphatic carbocycles. The molecule has 0 aromatic rings. The summed E-state index contributed by atoms with van der Waals surface area (Å²) in [6, 6.07) is 0. The van der Waals surface area contributed by atoms with Crippen LogP contribution >= 0.6 is 0 Å². The van der Waals surface area contributed by atoms with Gasteiger partial charge in [-0.25, -0.2) is 0 Å². The van der Waals surface area contributed by atoms with Crippen LogP contribution < -0.4 is 5.32 Å². The number of hydrogen-bond acceptors (Lipinski definition) is 2. The number of carbonyl (C=O) groups is 1. The van der Waals surface area contributed by atoms with Gasteiger partial charge in [0.05, 0.1) is 0 Å². The second-order valence-electron chi connectivity index (χ2n) is 3.43. The Morgan fingerprint density at radius 2 is 2.00 bits per heavy atom. The third kappa shape index (κ3) is 6.35. The van der Waals surface area contributed by atoms with Gasteiger partial charge < -0.3 is 5.32 Å². The largest absolute Gasteiger partial charge is 0.317 e. The molecule has 0 amide bonds. The van der Waals surface area contributed by atoms with Crippen LogP contribution in [-0.4, -0.2) is 18.9 Å². The molecule has 0 rings (SSSR count). The topological polar surface area (TPSA) is 29.1 Å². The molecule has 0 bridgehead atoms. The Hall–Kier alpha value is -0.370. The lowest BCUT2D eigenvalue weighted by molar-refractivity contribution is -0.122. The number of carbonyl (C=O) groups excluding carboxylic acids is 1. The van der Waals surface area contributed by atoms with E-state index in [1.807, 2.05) is 13.8 Å². The molecular weight excluding hydrogens is 150 g/mol. The van der Waals surface area contributed by atoms with Crippen molar-refractivity contribution in [2.24, 2.45) is 5.92 Å². The van der Waals surface area contributed by atoms with E-state index in [1.54, 1.807) is 0 Å². The highest BCUT2D eigenvalue weighted by Crippen LogP contribution is 2.03. The van der Waals surface area contributed by atoms with Crippen molar-refractivity contribution in [3.05, 3.63) is 0 Å². The number of hydrogen-bond donors (Lipinski definition) is 1. The lowest BCUT2D eigenvalue weighted by Crippen LogP contribution is -2.14. The summed E-state index contributed by atoms with van der Waals surface area (Å²) in [7, 11) is 0.